The highest BCUT2D eigenvalue weighted by Crippen LogP contribution is 2.28. The Bertz CT molecular complexity index is 385. The molecule has 2 nitrogen and oxygen atoms in total. The van der Waals surface area contributed by atoms with Crippen molar-refractivity contribution in [2.24, 2.45) is 0 Å². The van der Waals surface area contributed by atoms with Crippen LogP contribution < -0.4 is 4.74 Å². The first-order chi connectivity index (χ1) is 6.86. The third kappa shape index (κ3) is 2.33. The lowest BCUT2D eigenvalue weighted by atomic mass is 9.97. The van der Waals surface area contributed by atoms with Crippen molar-refractivity contribution >= 4 is 11.5 Å². The van der Waals surface area contributed by atoms with Crippen LogP contribution in [0, 0.1) is 0 Å². The van der Waals surface area contributed by atoms with Crippen molar-refractivity contribution in [1.29, 1.82) is 0 Å². The minimum Gasteiger partial charge on any atom is -0.296 e. The van der Waals surface area contributed by atoms with Crippen LogP contribution in [0.15, 0.2) is 4.79 Å². The Kier molecular flexibility index (Phi) is 3.77. The molecule has 1 heterocycles. The van der Waals surface area contributed by atoms with Crippen molar-refractivity contribution in [2.75, 3.05) is 0 Å². The van der Waals surface area contributed by atoms with Gasteiger partial charge in [0.05, 0.1) is 0 Å². The average Bonchev–Trinajstić information content (AvgIpc) is 2.42. The van der Waals surface area contributed by atoms with Crippen LogP contribution in [0.25, 0.3) is 0 Å². The van der Waals surface area contributed by atoms with Crippen molar-refractivity contribution in [2.45, 2.75) is 59.4 Å². The summed E-state index contributed by atoms with van der Waals surface area (Å²) in [4.78, 5) is 11.9. The zero-order valence-corrected chi connectivity index (χ0v) is 11.3. The number of hydrogen-bond donors (Lipinski definition) is 0. The van der Waals surface area contributed by atoms with Gasteiger partial charge in [-0.3, -0.25) is 8.75 Å². The summed E-state index contributed by atoms with van der Waals surface area (Å²) in [6.45, 7) is 12.8. The van der Waals surface area contributed by atoms with E-state index in [1.165, 1.54) is 17.2 Å². The second-order valence-corrected chi connectivity index (χ2v) is 5.85. The van der Waals surface area contributed by atoms with Gasteiger partial charge in [0.1, 0.15) is 0 Å². The molecule has 0 fully saturated rings. The summed E-state index contributed by atoms with van der Waals surface area (Å²) in [5, 5.41) is 0. The van der Waals surface area contributed by atoms with E-state index in [2.05, 4.69) is 45.5 Å². The maximum Gasteiger partial charge on any atom is 0.253 e. The average molecular weight is 227 g/mol. The summed E-state index contributed by atoms with van der Waals surface area (Å²) in [6, 6.07) is 0.382. The van der Waals surface area contributed by atoms with Gasteiger partial charge < -0.3 is 0 Å². The number of rotatable bonds is 3. The van der Waals surface area contributed by atoms with Crippen molar-refractivity contribution in [1.82, 2.24) is 3.96 Å². The molecule has 0 saturated carbocycles. The summed E-state index contributed by atoms with van der Waals surface area (Å²) in [5.74, 6) is 0.745. The van der Waals surface area contributed by atoms with E-state index in [-0.39, 0.29) is 4.74 Å². The molecule has 0 radical (unpaired) electrons. The molecule has 0 bridgehead atoms. The van der Waals surface area contributed by atoms with Crippen LogP contribution in [0.4, 0.5) is 0 Å². The lowest BCUT2D eigenvalue weighted by Crippen LogP contribution is -2.09. The summed E-state index contributed by atoms with van der Waals surface area (Å²) in [6.07, 6.45) is 0. The molecule has 0 aliphatic rings. The minimum atomic E-state index is 0.238. The molecule has 15 heavy (non-hydrogen) atoms. The Balaban J connectivity index is 3.45. The van der Waals surface area contributed by atoms with E-state index in [0.29, 0.717) is 17.9 Å². The number of nitrogens with zero attached hydrogens (tertiary/aromatic N) is 1. The largest absolute Gasteiger partial charge is 0.296 e. The molecule has 0 unspecified atom stereocenters. The van der Waals surface area contributed by atoms with Crippen LogP contribution in [0.5, 0.6) is 0 Å². The second kappa shape index (κ2) is 4.52. The molecule has 0 amide bonds. The number of aromatic nitrogens is 1. The molecule has 0 saturated heterocycles. The van der Waals surface area contributed by atoms with Crippen molar-refractivity contribution in [3.8, 4) is 0 Å². The van der Waals surface area contributed by atoms with Gasteiger partial charge in [-0.15, -0.1) is 0 Å². The van der Waals surface area contributed by atoms with Gasteiger partial charge in [0, 0.05) is 17.3 Å². The van der Waals surface area contributed by atoms with E-state index >= 15 is 0 Å². The minimum absolute atomic E-state index is 0.238. The first-order valence-electron chi connectivity index (χ1n) is 5.61. The lowest BCUT2D eigenvalue weighted by molar-refractivity contribution is 0.591. The molecular formula is C12H21NOS. The fourth-order valence-electron chi connectivity index (χ4n) is 1.89. The molecule has 0 N–H and O–H groups in total. The van der Waals surface area contributed by atoms with Crippen LogP contribution in [0.3, 0.4) is 0 Å². The van der Waals surface area contributed by atoms with Crippen molar-refractivity contribution in [3.05, 3.63) is 20.8 Å². The normalized spacial score (nSPS) is 12.1. The Morgan fingerprint density at radius 2 is 1.53 bits per heavy atom. The molecule has 3 heteroatoms. The molecule has 0 aliphatic heterocycles. The van der Waals surface area contributed by atoms with Gasteiger partial charge in [0.2, 0.25) is 0 Å². The predicted octanol–water partition coefficient (Wildman–Crippen LogP) is 3.74. The zero-order chi connectivity index (χ0) is 11.7. The third-order valence-electron chi connectivity index (χ3n) is 2.51. The van der Waals surface area contributed by atoms with Crippen molar-refractivity contribution in [3.63, 3.8) is 0 Å². The van der Waals surface area contributed by atoms with Crippen molar-refractivity contribution < 1.29 is 0 Å². The molecule has 1 aromatic rings. The van der Waals surface area contributed by atoms with Gasteiger partial charge >= 0.3 is 0 Å². The SMILES string of the molecule is CC(C)c1c(C(C)C)n(C(C)C)sc1=O. The van der Waals surface area contributed by atoms with E-state index in [1.54, 1.807) is 0 Å². The molecule has 1 rings (SSSR count). The van der Waals surface area contributed by atoms with E-state index < -0.39 is 0 Å². The lowest BCUT2D eigenvalue weighted by Gasteiger charge is -2.16. The highest BCUT2D eigenvalue weighted by Gasteiger charge is 2.21. The topological polar surface area (TPSA) is 22.0 Å². The molecule has 0 atom stereocenters. The fraction of sp³-hybridized carbons (Fsp3) is 0.750. The third-order valence-corrected chi connectivity index (χ3v) is 3.71. The van der Waals surface area contributed by atoms with Crippen LogP contribution >= 0.6 is 11.5 Å². The van der Waals surface area contributed by atoms with Gasteiger partial charge in [-0.2, -0.15) is 0 Å². The van der Waals surface area contributed by atoms with Crippen LogP contribution in [-0.2, 0) is 0 Å². The molecular weight excluding hydrogens is 206 g/mol. The standard InChI is InChI=1S/C12H21NOS/c1-7(2)10-11(8(3)4)13(9(5)6)15-12(10)14/h7-9H,1-6H3. The zero-order valence-electron chi connectivity index (χ0n) is 10.5. The smallest absolute Gasteiger partial charge is 0.253 e. The maximum atomic E-state index is 11.9. The molecule has 0 aliphatic carbocycles. The van der Waals surface area contributed by atoms with Crippen LogP contribution in [0.2, 0.25) is 0 Å². The monoisotopic (exact) mass is 227 g/mol. The summed E-state index contributed by atoms with van der Waals surface area (Å²) in [7, 11) is 0. The number of hydrogen-bond acceptors (Lipinski definition) is 2. The van der Waals surface area contributed by atoms with E-state index in [9.17, 15) is 4.79 Å². The highest BCUT2D eigenvalue weighted by molar-refractivity contribution is 7.04. The van der Waals surface area contributed by atoms with E-state index in [1.807, 2.05) is 0 Å². The molecule has 0 spiro atoms. The predicted molar refractivity (Wildman–Crippen MR) is 67.1 cm³/mol. The summed E-state index contributed by atoms with van der Waals surface area (Å²) in [5.41, 5.74) is 2.25. The van der Waals surface area contributed by atoms with E-state index in [4.69, 9.17) is 0 Å². The first-order valence-corrected chi connectivity index (χ1v) is 6.39. The van der Waals surface area contributed by atoms with Gasteiger partial charge in [-0.1, -0.05) is 27.7 Å². The Morgan fingerprint density at radius 1 is 1.00 bits per heavy atom. The van der Waals surface area contributed by atoms with Gasteiger partial charge in [-0.25, -0.2) is 0 Å². The van der Waals surface area contributed by atoms with Gasteiger partial charge in [0.25, 0.3) is 4.74 Å². The van der Waals surface area contributed by atoms with Gasteiger partial charge in [0.15, 0.2) is 0 Å². The Hall–Kier alpha value is -0.570. The Morgan fingerprint density at radius 3 is 1.87 bits per heavy atom. The van der Waals surface area contributed by atoms with Crippen LogP contribution in [-0.4, -0.2) is 3.96 Å². The molecule has 0 aromatic carbocycles. The van der Waals surface area contributed by atoms with E-state index in [0.717, 1.165) is 5.56 Å². The molecule has 1 aromatic heterocycles. The quantitative estimate of drug-likeness (QED) is 0.771. The summed E-state index contributed by atoms with van der Waals surface area (Å²) >= 11 is 1.37. The Labute approximate surface area is 96.1 Å². The first kappa shape index (κ1) is 12.5. The maximum absolute atomic E-state index is 11.9. The molecule has 86 valence electrons. The van der Waals surface area contributed by atoms with Gasteiger partial charge in [-0.05, 0) is 37.2 Å². The highest BCUT2D eigenvalue weighted by atomic mass is 32.1. The fourth-order valence-corrected chi connectivity index (χ4v) is 3.13. The van der Waals surface area contributed by atoms with Crippen LogP contribution in [0.1, 0.15) is 70.7 Å². The summed E-state index contributed by atoms with van der Waals surface area (Å²) < 4.78 is 2.41. The second-order valence-electron chi connectivity index (χ2n) is 4.91.